The maximum Gasteiger partial charge on any atom is 0.313 e. The summed E-state index contributed by atoms with van der Waals surface area (Å²) < 4.78 is 12.4. The molecule has 2 saturated heterocycles. The minimum atomic E-state index is -1.32. The standard InChI is InChI=1S/C25H36N2O6/c1-6-24-11-8-7-9-14-32-22(31)18(24)17-20(29)27(16(2)15-28)19-21(30)26(23(3,4)5)13-10-12-25(17,19)33-24/h8,10-12,16-19,28H,6-7,9,13-15H2,1-5H3/b11-8-/t16-,17+,18-,19?,24+,25+/m1/s1. The molecular formula is C25H36N2O6. The molecule has 4 aliphatic rings. The number of ether oxygens (including phenoxy) is 2. The summed E-state index contributed by atoms with van der Waals surface area (Å²) in [6.07, 6.45) is 9.50. The minimum Gasteiger partial charge on any atom is -0.465 e. The Morgan fingerprint density at radius 3 is 2.52 bits per heavy atom. The van der Waals surface area contributed by atoms with E-state index in [1.807, 2.05) is 52.0 Å². The van der Waals surface area contributed by atoms with Crippen LogP contribution in [0.5, 0.6) is 0 Å². The largest absolute Gasteiger partial charge is 0.465 e. The highest BCUT2D eigenvalue weighted by atomic mass is 16.6. The predicted molar refractivity (Wildman–Crippen MR) is 121 cm³/mol. The van der Waals surface area contributed by atoms with Crippen LogP contribution >= 0.6 is 0 Å². The fraction of sp³-hybridized carbons (Fsp3) is 0.720. The summed E-state index contributed by atoms with van der Waals surface area (Å²) in [4.78, 5) is 44.6. The molecular weight excluding hydrogens is 424 g/mol. The number of esters is 1. The number of carbonyl (C=O) groups excluding carboxylic acids is 3. The molecule has 1 N–H and O–H groups in total. The number of nitrogens with zero attached hydrogens (tertiary/aromatic N) is 2. The maximum absolute atomic E-state index is 14.1. The van der Waals surface area contributed by atoms with Crippen LogP contribution in [0.4, 0.5) is 0 Å². The second kappa shape index (κ2) is 8.24. The van der Waals surface area contributed by atoms with Gasteiger partial charge in [-0.25, -0.2) is 0 Å². The summed E-state index contributed by atoms with van der Waals surface area (Å²) in [5.41, 5.74) is -2.85. The lowest BCUT2D eigenvalue weighted by Crippen LogP contribution is -2.60. The second-order valence-corrected chi connectivity index (χ2v) is 10.6. The summed E-state index contributed by atoms with van der Waals surface area (Å²) in [5, 5.41) is 9.97. The van der Waals surface area contributed by atoms with E-state index in [0.29, 0.717) is 19.4 Å². The summed E-state index contributed by atoms with van der Waals surface area (Å²) >= 11 is 0. The van der Waals surface area contributed by atoms with Gasteiger partial charge < -0.3 is 24.4 Å². The SMILES string of the molecule is CC[C@]12/C=C\CCCOC(=O)[C@H]1[C@H]1C(=O)N([C@H](C)CO)C3C(=O)N(C(C)(C)C)CC=C[C@@]31O2. The first-order valence-electron chi connectivity index (χ1n) is 12.0. The van der Waals surface area contributed by atoms with Crippen molar-refractivity contribution in [1.82, 2.24) is 9.80 Å². The van der Waals surface area contributed by atoms with Gasteiger partial charge in [-0.3, -0.25) is 14.4 Å². The highest BCUT2D eigenvalue weighted by Gasteiger charge is 2.75. The van der Waals surface area contributed by atoms with Crippen molar-refractivity contribution in [3.05, 3.63) is 24.3 Å². The maximum atomic E-state index is 14.1. The first-order chi connectivity index (χ1) is 15.5. The van der Waals surface area contributed by atoms with Gasteiger partial charge in [0.2, 0.25) is 11.8 Å². The predicted octanol–water partition coefficient (Wildman–Crippen LogP) is 1.82. The Morgan fingerprint density at radius 2 is 1.88 bits per heavy atom. The number of cyclic esters (lactones) is 1. The lowest BCUT2D eigenvalue weighted by Gasteiger charge is -2.42. The minimum absolute atomic E-state index is 0.237. The van der Waals surface area contributed by atoms with Gasteiger partial charge in [0.25, 0.3) is 0 Å². The Balaban J connectivity index is 1.94. The summed E-state index contributed by atoms with van der Waals surface area (Å²) in [7, 11) is 0. The lowest BCUT2D eigenvalue weighted by atomic mass is 9.73. The van der Waals surface area contributed by atoms with Crippen LogP contribution in [0.25, 0.3) is 0 Å². The Morgan fingerprint density at radius 1 is 1.15 bits per heavy atom. The molecule has 0 saturated carbocycles. The van der Waals surface area contributed by atoms with E-state index in [0.717, 1.165) is 6.42 Å². The molecule has 4 heterocycles. The number of rotatable bonds is 3. The van der Waals surface area contributed by atoms with E-state index in [1.165, 1.54) is 4.90 Å². The Labute approximate surface area is 195 Å². The molecule has 2 fully saturated rings. The zero-order valence-corrected chi connectivity index (χ0v) is 20.2. The van der Waals surface area contributed by atoms with Gasteiger partial charge in [0.1, 0.15) is 23.2 Å². The van der Waals surface area contributed by atoms with Crippen molar-refractivity contribution >= 4 is 17.8 Å². The van der Waals surface area contributed by atoms with E-state index in [2.05, 4.69) is 0 Å². The van der Waals surface area contributed by atoms with Gasteiger partial charge in [-0.1, -0.05) is 31.2 Å². The molecule has 6 atom stereocenters. The molecule has 33 heavy (non-hydrogen) atoms. The molecule has 0 aromatic carbocycles. The van der Waals surface area contributed by atoms with E-state index >= 15 is 0 Å². The molecule has 0 aromatic heterocycles. The van der Waals surface area contributed by atoms with E-state index in [1.54, 1.807) is 11.8 Å². The highest BCUT2D eigenvalue weighted by molar-refractivity contribution is 5.99. The second-order valence-electron chi connectivity index (χ2n) is 10.6. The van der Waals surface area contributed by atoms with Gasteiger partial charge in [0, 0.05) is 12.1 Å². The number of aliphatic hydroxyl groups is 1. The van der Waals surface area contributed by atoms with E-state index < -0.39 is 46.6 Å². The normalized spacial score (nSPS) is 38.5. The number of aliphatic hydroxyl groups excluding tert-OH is 1. The molecule has 4 rings (SSSR count). The molecule has 1 spiro atoms. The van der Waals surface area contributed by atoms with Crippen LogP contribution in [0, 0.1) is 11.8 Å². The van der Waals surface area contributed by atoms with Crippen molar-refractivity contribution in [2.75, 3.05) is 19.8 Å². The third-order valence-electron chi connectivity index (χ3n) is 7.62. The van der Waals surface area contributed by atoms with Gasteiger partial charge in [-0.15, -0.1) is 0 Å². The Hall–Kier alpha value is -2.19. The van der Waals surface area contributed by atoms with E-state index in [4.69, 9.17) is 9.47 Å². The third kappa shape index (κ3) is 3.44. The molecule has 4 aliphatic heterocycles. The summed E-state index contributed by atoms with van der Waals surface area (Å²) in [6.45, 7) is 9.84. The molecule has 182 valence electrons. The number of hydrogen-bond donors (Lipinski definition) is 1. The van der Waals surface area contributed by atoms with Gasteiger partial charge in [0.15, 0.2) is 0 Å². The third-order valence-corrected chi connectivity index (χ3v) is 7.62. The van der Waals surface area contributed by atoms with Crippen LogP contribution in [-0.2, 0) is 23.9 Å². The average molecular weight is 461 g/mol. The van der Waals surface area contributed by atoms with Crippen molar-refractivity contribution in [3.63, 3.8) is 0 Å². The van der Waals surface area contributed by atoms with Crippen LogP contribution in [0.3, 0.4) is 0 Å². The number of amides is 2. The molecule has 8 nitrogen and oxygen atoms in total. The van der Waals surface area contributed by atoms with Crippen LogP contribution in [-0.4, -0.2) is 81.3 Å². The van der Waals surface area contributed by atoms with Gasteiger partial charge >= 0.3 is 5.97 Å². The zero-order chi connectivity index (χ0) is 24.2. The van der Waals surface area contributed by atoms with Crippen molar-refractivity contribution < 1.29 is 29.0 Å². The number of hydrogen-bond acceptors (Lipinski definition) is 6. The fourth-order valence-electron chi connectivity index (χ4n) is 5.98. The van der Waals surface area contributed by atoms with Crippen LogP contribution < -0.4 is 0 Å². The van der Waals surface area contributed by atoms with Gasteiger partial charge in [0.05, 0.1) is 25.2 Å². The van der Waals surface area contributed by atoms with E-state index in [-0.39, 0.29) is 25.0 Å². The molecule has 1 unspecified atom stereocenters. The number of likely N-dealkylation sites (tertiary alicyclic amines) is 1. The quantitative estimate of drug-likeness (QED) is 0.510. The molecule has 0 bridgehead atoms. The van der Waals surface area contributed by atoms with Crippen LogP contribution in [0.1, 0.15) is 53.9 Å². The molecule has 0 aliphatic carbocycles. The highest BCUT2D eigenvalue weighted by Crippen LogP contribution is 2.58. The lowest BCUT2D eigenvalue weighted by molar-refractivity contribution is -0.163. The first kappa shape index (κ1) is 24.0. The van der Waals surface area contributed by atoms with Crippen molar-refractivity contribution in [2.45, 2.75) is 82.7 Å². The van der Waals surface area contributed by atoms with Crippen molar-refractivity contribution in [3.8, 4) is 0 Å². The van der Waals surface area contributed by atoms with E-state index in [9.17, 15) is 19.5 Å². The van der Waals surface area contributed by atoms with Crippen molar-refractivity contribution in [2.24, 2.45) is 11.8 Å². The molecule has 0 aromatic rings. The van der Waals surface area contributed by atoms with Crippen LogP contribution in [0.2, 0.25) is 0 Å². The average Bonchev–Trinajstić information content (AvgIpc) is 3.14. The van der Waals surface area contributed by atoms with Crippen LogP contribution in [0.15, 0.2) is 24.3 Å². The monoisotopic (exact) mass is 460 g/mol. The number of fused-ring (bicyclic) bond motifs is 2. The Kier molecular flexibility index (Phi) is 5.98. The molecule has 2 amide bonds. The van der Waals surface area contributed by atoms with Gasteiger partial charge in [-0.2, -0.15) is 0 Å². The zero-order valence-electron chi connectivity index (χ0n) is 20.2. The van der Waals surface area contributed by atoms with Gasteiger partial charge in [-0.05, 0) is 47.0 Å². The van der Waals surface area contributed by atoms with Crippen molar-refractivity contribution in [1.29, 1.82) is 0 Å². The summed E-state index contributed by atoms with van der Waals surface area (Å²) in [5.74, 6) is -2.83. The molecule has 0 radical (unpaired) electrons. The summed E-state index contributed by atoms with van der Waals surface area (Å²) in [6, 6.07) is -1.58. The smallest absolute Gasteiger partial charge is 0.313 e. The number of allylic oxidation sites excluding steroid dienone is 1. The Bertz CT molecular complexity index is 892. The topological polar surface area (TPSA) is 96.4 Å². The fourth-order valence-corrected chi connectivity index (χ4v) is 5.98. The first-order valence-corrected chi connectivity index (χ1v) is 12.0. The molecule has 8 heteroatoms. The number of carbonyl (C=O) groups is 3.